The second-order valence-corrected chi connectivity index (χ2v) is 12.4. The van der Waals surface area contributed by atoms with Gasteiger partial charge in [-0.15, -0.1) is 0 Å². The summed E-state index contributed by atoms with van der Waals surface area (Å²) < 4.78 is 45.8. The minimum atomic E-state index is -4.31. The summed E-state index contributed by atoms with van der Waals surface area (Å²) in [7, 11) is -1.43. The number of carbonyl (C=O) groups is 2. The molecule has 0 radical (unpaired) electrons. The van der Waals surface area contributed by atoms with E-state index in [9.17, 15) is 18.0 Å². The quantitative estimate of drug-likeness (QED) is 0.199. The van der Waals surface area contributed by atoms with Crippen LogP contribution in [0.3, 0.4) is 0 Å². The molecule has 0 heterocycles. The molecule has 0 aliphatic heterocycles. The van der Waals surface area contributed by atoms with Gasteiger partial charge >= 0.3 is 0 Å². The number of amides is 2. The first-order valence-electron chi connectivity index (χ1n) is 15.2. The van der Waals surface area contributed by atoms with Gasteiger partial charge in [-0.2, -0.15) is 0 Å². The normalized spacial score (nSPS) is 11.8. The van der Waals surface area contributed by atoms with Crippen molar-refractivity contribution in [3.05, 3.63) is 77.9 Å². The number of methoxy groups -OCH3 is 2. The molecule has 3 aromatic carbocycles. The topological polar surface area (TPSA) is 114 Å². The van der Waals surface area contributed by atoms with E-state index in [2.05, 4.69) is 5.32 Å². The molecule has 1 N–H and O–H groups in total. The van der Waals surface area contributed by atoms with E-state index in [1.807, 2.05) is 52.0 Å². The Morgan fingerprint density at radius 2 is 1.56 bits per heavy atom. The molecule has 0 fully saturated rings. The zero-order chi connectivity index (χ0) is 33.0. The van der Waals surface area contributed by atoms with Crippen molar-refractivity contribution in [2.75, 3.05) is 38.2 Å². The van der Waals surface area contributed by atoms with E-state index in [0.29, 0.717) is 31.1 Å². The third kappa shape index (κ3) is 9.13. The average Bonchev–Trinajstić information content (AvgIpc) is 3.04. The molecule has 0 saturated heterocycles. The first-order valence-corrected chi connectivity index (χ1v) is 16.6. The standard InChI is InChI=1S/C34H45N3O7S/c1-7-10-21-35-34(39)30(8-2)36(23-26-13-11-25(4)12-14-26)33(38)24-37(27-15-17-28(18-16-27)44-9-3)45(40,41)29-19-20-31(42-5)32(22-29)43-6/h11-20,22,30H,7-10,21,23-24H2,1-6H3,(H,35,39)/t30-/m1/s1. The van der Waals surface area contributed by atoms with Crippen LogP contribution < -0.4 is 23.8 Å². The van der Waals surface area contributed by atoms with Crippen LogP contribution in [0.1, 0.15) is 51.2 Å². The number of aryl methyl sites for hydroxylation is 1. The molecule has 0 aromatic heterocycles. The summed E-state index contributed by atoms with van der Waals surface area (Å²) in [5.41, 5.74) is 2.14. The van der Waals surface area contributed by atoms with Crippen molar-refractivity contribution in [1.29, 1.82) is 0 Å². The second-order valence-electron chi connectivity index (χ2n) is 10.5. The predicted molar refractivity (Wildman–Crippen MR) is 175 cm³/mol. The van der Waals surface area contributed by atoms with Crippen LogP contribution in [0.2, 0.25) is 0 Å². The van der Waals surface area contributed by atoms with E-state index >= 15 is 0 Å². The Labute approximate surface area is 267 Å². The molecule has 11 heteroatoms. The summed E-state index contributed by atoms with van der Waals surface area (Å²) in [6.45, 7) is 8.21. The SMILES string of the molecule is CCCCNC(=O)[C@@H](CC)N(Cc1ccc(C)cc1)C(=O)CN(c1ccc(OCC)cc1)S(=O)(=O)c1ccc(OC)c(OC)c1. The summed E-state index contributed by atoms with van der Waals surface area (Å²) in [6, 6.07) is 17.6. The molecule has 0 unspecified atom stereocenters. The first kappa shape index (κ1) is 35.2. The minimum Gasteiger partial charge on any atom is -0.494 e. The lowest BCUT2D eigenvalue weighted by molar-refractivity contribution is -0.140. The Balaban J connectivity index is 2.08. The van der Waals surface area contributed by atoms with Gasteiger partial charge in [0.15, 0.2) is 11.5 Å². The highest BCUT2D eigenvalue weighted by atomic mass is 32.2. The van der Waals surface area contributed by atoms with Crippen LogP contribution in [-0.4, -0.2) is 65.1 Å². The Bertz CT molecular complexity index is 1510. The van der Waals surface area contributed by atoms with E-state index in [0.717, 1.165) is 28.3 Å². The Morgan fingerprint density at radius 1 is 0.889 bits per heavy atom. The highest BCUT2D eigenvalue weighted by molar-refractivity contribution is 7.92. The lowest BCUT2D eigenvalue weighted by Gasteiger charge is -2.33. The molecule has 3 rings (SSSR count). The average molecular weight is 640 g/mol. The van der Waals surface area contributed by atoms with Gasteiger partial charge < -0.3 is 24.4 Å². The fourth-order valence-electron chi connectivity index (χ4n) is 4.82. The predicted octanol–water partition coefficient (Wildman–Crippen LogP) is 5.33. The van der Waals surface area contributed by atoms with Crippen LogP contribution in [0, 0.1) is 6.92 Å². The maximum atomic E-state index is 14.3. The van der Waals surface area contributed by atoms with Gasteiger partial charge in [0.25, 0.3) is 10.0 Å². The van der Waals surface area contributed by atoms with Crippen LogP contribution >= 0.6 is 0 Å². The van der Waals surface area contributed by atoms with E-state index in [-0.39, 0.29) is 28.8 Å². The van der Waals surface area contributed by atoms with Gasteiger partial charge in [0.05, 0.1) is 31.4 Å². The molecular formula is C34H45N3O7S. The summed E-state index contributed by atoms with van der Waals surface area (Å²) in [4.78, 5) is 29.0. The molecule has 0 bridgehead atoms. The smallest absolute Gasteiger partial charge is 0.264 e. The van der Waals surface area contributed by atoms with Crippen LogP contribution in [-0.2, 0) is 26.2 Å². The van der Waals surface area contributed by atoms with Crippen molar-refractivity contribution >= 4 is 27.5 Å². The zero-order valence-electron chi connectivity index (χ0n) is 27.0. The Morgan fingerprint density at radius 3 is 2.13 bits per heavy atom. The van der Waals surface area contributed by atoms with Crippen molar-refractivity contribution in [2.24, 2.45) is 0 Å². The highest BCUT2D eigenvalue weighted by Gasteiger charge is 2.34. The number of sulfonamides is 1. The molecule has 2 amide bonds. The van der Waals surface area contributed by atoms with E-state index < -0.39 is 28.5 Å². The number of hydrogen-bond donors (Lipinski definition) is 1. The van der Waals surface area contributed by atoms with E-state index in [1.54, 1.807) is 24.3 Å². The maximum absolute atomic E-state index is 14.3. The molecule has 1 atom stereocenters. The van der Waals surface area contributed by atoms with Crippen LogP contribution in [0.15, 0.2) is 71.6 Å². The fraction of sp³-hybridized carbons (Fsp3) is 0.412. The largest absolute Gasteiger partial charge is 0.494 e. The number of anilines is 1. The lowest BCUT2D eigenvalue weighted by atomic mass is 10.1. The van der Waals surface area contributed by atoms with Crippen LogP contribution in [0.4, 0.5) is 5.69 Å². The number of ether oxygens (including phenoxy) is 3. The molecule has 244 valence electrons. The number of carbonyl (C=O) groups excluding carboxylic acids is 2. The second kappa shape index (κ2) is 16.7. The number of unbranched alkanes of at least 4 members (excludes halogenated alkanes) is 1. The summed E-state index contributed by atoms with van der Waals surface area (Å²) >= 11 is 0. The van der Waals surface area contributed by atoms with Crippen LogP contribution in [0.25, 0.3) is 0 Å². The van der Waals surface area contributed by atoms with Gasteiger partial charge in [0.1, 0.15) is 18.3 Å². The van der Waals surface area contributed by atoms with Crippen molar-refractivity contribution in [3.63, 3.8) is 0 Å². The first-order chi connectivity index (χ1) is 21.6. The summed E-state index contributed by atoms with van der Waals surface area (Å²) in [6.07, 6.45) is 2.07. The Hall–Kier alpha value is -4.25. The minimum absolute atomic E-state index is 0.0868. The number of nitrogens with one attached hydrogen (secondary N) is 1. The number of rotatable bonds is 17. The van der Waals surface area contributed by atoms with Crippen LogP contribution in [0.5, 0.6) is 17.2 Å². The molecule has 3 aromatic rings. The van der Waals surface area contributed by atoms with Gasteiger partial charge in [-0.25, -0.2) is 8.42 Å². The van der Waals surface area contributed by atoms with Gasteiger partial charge in [-0.05, 0) is 68.7 Å². The lowest BCUT2D eigenvalue weighted by Crippen LogP contribution is -2.52. The molecular weight excluding hydrogens is 594 g/mol. The van der Waals surface area contributed by atoms with Gasteiger partial charge in [0.2, 0.25) is 11.8 Å². The van der Waals surface area contributed by atoms with Crippen molar-refractivity contribution in [2.45, 2.75) is 64.4 Å². The molecule has 45 heavy (non-hydrogen) atoms. The van der Waals surface area contributed by atoms with Crippen molar-refractivity contribution < 1.29 is 32.2 Å². The van der Waals surface area contributed by atoms with E-state index in [4.69, 9.17) is 14.2 Å². The van der Waals surface area contributed by atoms with Gasteiger partial charge in [0, 0.05) is 19.2 Å². The summed E-state index contributed by atoms with van der Waals surface area (Å²) in [5.74, 6) is 0.358. The third-order valence-corrected chi connectivity index (χ3v) is 9.12. The van der Waals surface area contributed by atoms with Gasteiger partial charge in [-0.1, -0.05) is 50.1 Å². The maximum Gasteiger partial charge on any atom is 0.264 e. The monoisotopic (exact) mass is 639 g/mol. The molecule has 10 nitrogen and oxygen atoms in total. The molecule has 0 spiro atoms. The Kier molecular flexibility index (Phi) is 13.1. The fourth-order valence-corrected chi connectivity index (χ4v) is 6.25. The van der Waals surface area contributed by atoms with Crippen molar-refractivity contribution in [3.8, 4) is 17.2 Å². The van der Waals surface area contributed by atoms with Gasteiger partial charge in [-0.3, -0.25) is 13.9 Å². The third-order valence-electron chi connectivity index (χ3n) is 7.35. The zero-order valence-corrected chi connectivity index (χ0v) is 27.9. The number of nitrogens with zero attached hydrogens (tertiary/aromatic N) is 2. The highest BCUT2D eigenvalue weighted by Crippen LogP contribution is 2.33. The molecule has 0 aliphatic carbocycles. The van der Waals surface area contributed by atoms with Crippen molar-refractivity contribution in [1.82, 2.24) is 10.2 Å². The number of benzene rings is 3. The molecule has 0 aliphatic rings. The van der Waals surface area contributed by atoms with E-state index in [1.165, 1.54) is 37.3 Å². The molecule has 0 saturated carbocycles. The number of hydrogen-bond acceptors (Lipinski definition) is 7. The summed E-state index contributed by atoms with van der Waals surface area (Å²) in [5, 5.41) is 2.94.